The van der Waals surface area contributed by atoms with Gasteiger partial charge in [0.2, 0.25) is 11.7 Å². The highest BCUT2D eigenvalue weighted by molar-refractivity contribution is 8.15. The summed E-state index contributed by atoms with van der Waals surface area (Å²) in [5.41, 5.74) is 1.29. The Labute approximate surface area is 168 Å². The summed E-state index contributed by atoms with van der Waals surface area (Å²) in [6, 6.07) is 10.7. The van der Waals surface area contributed by atoms with Crippen molar-refractivity contribution in [1.29, 1.82) is 0 Å². The molecule has 0 aliphatic carbocycles. The number of rotatable bonds is 7. The van der Waals surface area contributed by atoms with Crippen molar-refractivity contribution in [2.45, 2.75) is 18.3 Å². The van der Waals surface area contributed by atoms with Gasteiger partial charge >= 0.3 is 5.97 Å². The molecule has 1 amide bonds. The van der Waals surface area contributed by atoms with E-state index in [1.54, 1.807) is 24.3 Å². The molecule has 2 aromatic carbocycles. The third kappa shape index (κ3) is 5.38. The molecule has 7 nitrogen and oxygen atoms in total. The Balaban J connectivity index is 1.67. The highest BCUT2D eigenvalue weighted by Gasteiger charge is 2.32. The van der Waals surface area contributed by atoms with Crippen LogP contribution in [0.1, 0.15) is 17.5 Å². The molecule has 1 fully saturated rings. The van der Waals surface area contributed by atoms with Gasteiger partial charge < -0.3 is 15.2 Å². The van der Waals surface area contributed by atoms with Crippen molar-refractivity contribution in [3.63, 3.8) is 0 Å². The number of amides is 1. The fourth-order valence-corrected chi connectivity index (χ4v) is 3.35. The molecule has 1 unspecified atom stereocenters. The summed E-state index contributed by atoms with van der Waals surface area (Å²) in [5, 5.41) is 18.5. The predicted molar refractivity (Wildman–Crippen MR) is 104 cm³/mol. The van der Waals surface area contributed by atoms with Crippen LogP contribution in [0.2, 0.25) is 0 Å². The lowest BCUT2D eigenvalue weighted by atomic mass is 10.1. The number of carboxylic acids is 1. The molecule has 0 bridgehead atoms. The maximum Gasteiger partial charge on any atom is 0.305 e. The van der Waals surface area contributed by atoms with Gasteiger partial charge in [-0.3, -0.25) is 9.59 Å². The number of thioether (sulfide) groups is 1. The monoisotopic (exact) mass is 419 g/mol. The first-order chi connectivity index (χ1) is 13.9. The first kappa shape index (κ1) is 20.5. The lowest BCUT2D eigenvalue weighted by Gasteiger charge is -2.09. The van der Waals surface area contributed by atoms with E-state index in [9.17, 15) is 18.4 Å². The Hall–Kier alpha value is -3.27. The molecule has 150 valence electrons. The fraction of sp³-hybridized carbons (Fsp3) is 0.158. The molecule has 1 saturated heterocycles. The fourth-order valence-electron chi connectivity index (χ4n) is 2.43. The SMILES string of the molecule is O=C(O)CC1SC(=NN=Cc2ccccc2COc2cccc(F)c2F)NC1=O. The molecule has 1 aliphatic heterocycles. The second-order valence-corrected chi connectivity index (χ2v) is 7.07. The minimum absolute atomic E-state index is 0.0225. The molecule has 0 spiro atoms. The number of benzene rings is 2. The van der Waals surface area contributed by atoms with Crippen LogP contribution in [0.15, 0.2) is 52.7 Å². The second-order valence-electron chi connectivity index (χ2n) is 5.88. The molecule has 10 heteroatoms. The van der Waals surface area contributed by atoms with Gasteiger partial charge in [0.15, 0.2) is 16.7 Å². The van der Waals surface area contributed by atoms with Crippen LogP contribution in [-0.2, 0) is 16.2 Å². The van der Waals surface area contributed by atoms with Crippen LogP contribution >= 0.6 is 11.8 Å². The number of hydrogen-bond acceptors (Lipinski definition) is 6. The van der Waals surface area contributed by atoms with Gasteiger partial charge in [0.25, 0.3) is 0 Å². The van der Waals surface area contributed by atoms with Crippen LogP contribution < -0.4 is 10.1 Å². The first-order valence-electron chi connectivity index (χ1n) is 8.39. The highest BCUT2D eigenvalue weighted by Crippen LogP contribution is 2.23. The van der Waals surface area contributed by atoms with E-state index in [4.69, 9.17) is 9.84 Å². The number of nitrogens with zero attached hydrogens (tertiary/aromatic N) is 2. The number of amidine groups is 1. The van der Waals surface area contributed by atoms with E-state index in [-0.39, 0.29) is 23.9 Å². The minimum Gasteiger partial charge on any atom is -0.486 e. The minimum atomic E-state index is -1.08. The van der Waals surface area contributed by atoms with Gasteiger partial charge in [-0.2, -0.15) is 9.49 Å². The molecule has 3 rings (SSSR count). The van der Waals surface area contributed by atoms with Gasteiger partial charge in [-0.1, -0.05) is 42.1 Å². The zero-order valence-electron chi connectivity index (χ0n) is 14.8. The summed E-state index contributed by atoms with van der Waals surface area (Å²) in [5.74, 6) is -3.77. The number of aliphatic carboxylic acids is 1. The standard InChI is InChI=1S/C19H15F2N3O4S/c20-13-6-3-7-14(17(13)21)28-10-12-5-2-1-4-11(12)9-22-24-19-23-18(27)15(29-19)8-16(25)26/h1-7,9,15H,8,10H2,(H,25,26)(H,23,24,27). The summed E-state index contributed by atoms with van der Waals surface area (Å²) in [7, 11) is 0. The third-order valence-electron chi connectivity index (χ3n) is 3.84. The number of halogens is 2. The number of hydrogen-bond donors (Lipinski definition) is 2. The molecule has 29 heavy (non-hydrogen) atoms. The van der Waals surface area contributed by atoms with E-state index in [0.717, 1.165) is 17.8 Å². The van der Waals surface area contributed by atoms with E-state index in [1.165, 1.54) is 18.3 Å². The van der Waals surface area contributed by atoms with E-state index in [1.807, 2.05) is 0 Å². The Morgan fingerprint density at radius 1 is 1.24 bits per heavy atom. The summed E-state index contributed by atoms with van der Waals surface area (Å²) < 4.78 is 32.3. The summed E-state index contributed by atoms with van der Waals surface area (Å²) in [4.78, 5) is 22.4. The van der Waals surface area contributed by atoms with Crippen molar-refractivity contribution in [3.05, 3.63) is 65.2 Å². The zero-order chi connectivity index (χ0) is 20.8. The summed E-state index contributed by atoms with van der Waals surface area (Å²) in [6.07, 6.45) is 1.11. The van der Waals surface area contributed by atoms with E-state index in [2.05, 4.69) is 15.5 Å². The van der Waals surface area contributed by atoms with Crippen molar-refractivity contribution in [3.8, 4) is 5.75 Å². The normalized spacial score (nSPS) is 17.7. The number of carboxylic acid groups (broad SMARTS) is 1. The molecule has 1 aliphatic rings. The molecule has 0 aromatic heterocycles. The van der Waals surface area contributed by atoms with Crippen LogP contribution in [0.5, 0.6) is 5.75 Å². The topological polar surface area (TPSA) is 100 Å². The smallest absolute Gasteiger partial charge is 0.305 e. The molecule has 1 heterocycles. The molecule has 2 N–H and O–H groups in total. The lowest BCUT2D eigenvalue weighted by molar-refractivity contribution is -0.138. The van der Waals surface area contributed by atoms with E-state index < -0.39 is 28.8 Å². The van der Waals surface area contributed by atoms with Crippen molar-refractivity contribution in [2.24, 2.45) is 10.2 Å². The average Bonchev–Trinajstić information content (AvgIpc) is 3.02. The largest absolute Gasteiger partial charge is 0.486 e. The second kappa shape index (κ2) is 9.28. The van der Waals surface area contributed by atoms with E-state index in [0.29, 0.717) is 11.1 Å². The van der Waals surface area contributed by atoms with E-state index >= 15 is 0 Å². The maximum absolute atomic E-state index is 13.7. The van der Waals surface area contributed by atoms with Crippen LogP contribution in [0.4, 0.5) is 8.78 Å². The third-order valence-corrected chi connectivity index (χ3v) is 4.91. The molecule has 1 atom stereocenters. The van der Waals surface area contributed by atoms with Crippen LogP contribution in [0.25, 0.3) is 0 Å². The van der Waals surface area contributed by atoms with Gasteiger partial charge in [0.05, 0.1) is 12.6 Å². The van der Waals surface area contributed by atoms with Gasteiger partial charge in [-0.15, -0.1) is 5.10 Å². The van der Waals surface area contributed by atoms with Crippen LogP contribution in [-0.4, -0.2) is 33.6 Å². The number of carbonyl (C=O) groups is 2. The van der Waals surface area contributed by atoms with Crippen LogP contribution in [0, 0.1) is 11.6 Å². The zero-order valence-corrected chi connectivity index (χ0v) is 15.7. The molecule has 0 radical (unpaired) electrons. The predicted octanol–water partition coefficient (Wildman–Crippen LogP) is 2.94. The molecular formula is C19H15F2N3O4S. The average molecular weight is 419 g/mol. The Kier molecular flexibility index (Phi) is 6.55. The van der Waals surface area contributed by atoms with Crippen molar-refractivity contribution in [1.82, 2.24) is 5.32 Å². The molecule has 0 saturated carbocycles. The van der Waals surface area contributed by atoms with Gasteiger partial charge in [0, 0.05) is 5.56 Å². The number of nitrogens with one attached hydrogen (secondary N) is 1. The summed E-state index contributed by atoms with van der Waals surface area (Å²) >= 11 is 0.990. The lowest BCUT2D eigenvalue weighted by Crippen LogP contribution is -2.26. The van der Waals surface area contributed by atoms with Crippen molar-refractivity contribution < 1.29 is 28.2 Å². The Bertz CT molecular complexity index is 997. The summed E-state index contributed by atoms with van der Waals surface area (Å²) in [6.45, 7) is -0.0225. The molecular weight excluding hydrogens is 404 g/mol. The maximum atomic E-state index is 13.7. The Morgan fingerprint density at radius 2 is 2.03 bits per heavy atom. The molecule has 2 aromatic rings. The number of carbonyl (C=O) groups excluding carboxylic acids is 1. The highest BCUT2D eigenvalue weighted by atomic mass is 32.2. The first-order valence-corrected chi connectivity index (χ1v) is 9.27. The quantitative estimate of drug-likeness (QED) is 0.531. The van der Waals surface area contributed by atoms with Gasteiger partial charge in [-0.25, -0.2) is 4.39 Å². The number of ether oxygens (including phenoxy) is 1. The van der Waals surface area contributed by atoms with Gasteiger partial charge in [-0.05, 0) is 17.7 Å². The van der Waals surface area contributed by atoms with Crippen LogP contribution in [0.3, 0.4) is 0 Å². The van der Waals surface area contributed by atoms with Gasteiger partial charge in [0.1, 0.15) is 11.9 Å². The van der Waals surface area contributed by atoms with Crippen molar-refractivity contribution >= 4 is 35.0 Å². The Morgan fingerprint density at radius 3 is 2.83 bits per heavy atom. The van der Waals surface area contributed by atoms with Crippen molar-refractivity contribution in [2.75, 3.05) is 0 Å².